The highest BCUT2D eigenvalue weighted by Crippen LogP contribution is 2.33. The van der Waals surface area contributed by atoms with Gasteiger partial charge in [0, 0.05) is 48.5 Å². The molecule has 2 N–H and O–H groups in total. The lowest BCUT2D eigenvalue weighted by molar-refractivity contribution is -0.137. The van der Waals surface area contributed by atoms with E-state index in [2.05, 4.69) is 25.7 Å². The van der Waals surface area contributed by atoms with Gasteiger partial charge in [-0.2, -0.15) is 18.3 Å². The predicted molar refractivity (Wildman–Crippen MR) is 139 cm³/mol. The van der Waals surface area contributed by atoms with Crippen molar-refractivity contribution in [2.45, 2.75) is 13.1 Å². The summed E-state index contributed by atoms with van der Waals surface area (Å²) in [6.07, 6.45) is 1.67. The van der Waals surface area contributed by atoms with E-state index in [-0.39, 0.29) is 28.7 Å². The largest absolute Gasteiger partial charge is 0.439 e. The second kappa shape index (κ2) is 10.5. The van der Waals surface area contributed by atoms with Crippen molar-refractivity contribution < 1.29 is 27.1 Å². The summed E-state index contributed by atoms with van der Waals surface area (Å²) in [7, 11) is 1.78. The highest BCUT2D eigenvalue weighted by Gasteiger charge is 2.31. The summed E-state index contributed by atoms with van der Waals surface area (Å²) in [5.74, 6) is -0.392. The monoisotopic (exact) mass is 551 g/mol. The van der Waals surface area contributed by atoms with Crippen LogP contribution >= 0.6 is 0 Å². The number of aromatic nitrogens is 5. The van der Waals surface area contributed by atoms with Crippen LogP contribution in [0, 0.1) is 12.7 Å². The van der Waals surface area contributed by atoms with Crippen molar-refractivity contribution in [3.63, 3.8) is 0 Å². The number of aryl methyl sites for hydroxylation is 2. The van der Waals surface area contributed by atoms with E-state index < -0.39 is 23.6 Å². The zero-order valence-electron chi connectivity index (χ0n) is 21.1. The smallest absolute Gasteiger partial charge is 0.416 e. The molecule has 5 aromatic rings. The van der Waals surface area contributed by atoms with Crippen LogP contribution in [0.2, 0.25) is 0 Å². The number of carbonyl (C=O) groups excluding carboxylic acids is 1. The fourth-order valence-electron chi connectivity index (χ4n) is 3.81. The van der Waals surface area contributed by atoms with Crippen LogP contribution in [0.25, 0.3) is 16.9 Å². The normalized spacial score (nSPS) is 11.3. The minimum atomic E-state index is -4.67. The Hall–Kier alpha value is -5.20. The lowest BCUT2D eigenvalue weighted by atomic mass is 10.1. The Balaban J connectivity index is 1.34. The van der Waals surface area contributed by atoms with Crippen molar-refractivity contribution in [3.05, 3.63) is 96.6 Å². The van der Waals surface area contributed by atoms with Gasteiger partial charge in [0.1, 0.15) is 11.6 Å². The molecule has 0 aliphatic heterocycles. The topological polar surface area (TPSA) is 98.9 Å². The first-order chi connectivity index (χ1) is 19.0. The highest BCUT2D eigenvalue weighted by atomic mass is 19.4. The molecule has 0 saturated carbocycles. The highest BCUT2D eigenvalue weighted by molar-refractivity contribution is 6.00. The van der Waals surface area contributed by atoms with Gasteiger partial charge in [-0.25, -0.2) is 19.2 Å². The SMILES string of the molecule is Cc1cn(-c2cc(NC(=O)Nc3cc(Oc4cccc(-c5cnn(C)c5)n4)ccc3F)cc(C(F)(F)F)c2)cn1. The first-order valence-electron chi connectivity index (χ1n) is 11.8. The quantitative estimate of drug-likeness (QED) is 0.233. The maximum Gasteiger partial charge on any atom is 0.416 e. The summed E-state index contributed by atoms with van der Waals surface area (Å²) in [6, 6.07) is 10.9. The van der Waals surface area contributed by atoms with Crippen molar-refractivity contribution >= 4 is 17.4 Å². The van der Waals surface area contributed by atoms with E-state index >= 15 is 0 Å². The number of hydrogen-bond acceptors (Lipinski definition) is 5. The first kappa shape index (κ1) is 26.4. The summed E-state index contributed by atoms with van der Waals surface area (Å²) >= 11 is 0. The Bertz CT molecular complexity index is 1690. The molecule has 2 amide bonds. The molecule has 0 radical (unpaired) electrons. The third kappa shape index (κ3) is 6.09. The van der Waals surface area contributed by atoms with Crippen LogP contribution in [0.4, 0.5) is 33.7 Å². The molecule has 0 unspecified atom stereocenters. The third-order valence-corrected chi connectivity index (χ3v) is 5.65. The van der Waals surface area contributed by atoms with Crippen molar-refractivity contribution in [3.8, 4) is 28.6 Å². The van der Waals surface area contributed by atoms with Gasteiger partial charge in [-0.1, -0.05) is 6.07 Å². The van der Waals surface area contributed by atoms with Crippen molar-refractivity contribution in [2.24, 2.45) is 7.05 Å². The molecule has 0 spiro atoms. The van der Waals surface area contributed by atoms with Crippen LogP contribution in [-0.4, -0.2) is 30.3 Å². The van der Waals surface area contributed by atoms with Gasteiger partial charge in [0.05, 0.1) is 35.2 Å². The van der Waals surface area contributed by atoms with E-state index in [4.69, 9.17) is 4.74 Å². The molecule has 9 nitrogen and oxygen atoms in total. The minimum absolute atomic E-state index is 0.133. The summed E-state index contributed by atoms with van der Waals surface area (Å²) in [6.45, 7) is 1.69. The standard InChI is InChI=1S/C27H21F4N7O2/c1-16-13-38(15-32-16)20-9-18(27(29,30)31)8-19(10-20)34-26(39)36-24-11-21(6-7-22(24)28)40-25-5-3-4-23(35-25)17-12-33-37(2)14-17/h3-15H,1-2H3,(H2,34,36,39). The van der Waals surface area contributed by atoms with E-state index in [0.717, 1.165) is 23.8 Å². The number of nitrogens with zero attached hydrogens (tertiary/aromatic N) is 5. The summed E-state index contributed by atoms with van der Waals surface area (Å²) in [5, 5.41) is 8.75. The number of ether oxygens (including phenoxy) is 1. The van der Waals surface area contributed by atoms with Crippen molar-refractivity contribution in [1.29, 1.82) is 0 Å². The molecule has 13 heteroatoms. The number of alkyl halides is 3. The molecular formula is C27H21F4N7O2. The zero-order valence-corrected chi connectivity index (χ0v) is 21.1. The molecule has 40 heavy (non-hydrogen) atoms. The fraction of sp³-hybridized carbons (Fsp3) is 0.111. The zero-order chi connectivity index (χ0) is 28.4. The van der Waals surface area contributed by atoms with Crippen LogP contribution in [0.3, 0.4) is 0 Å². The number of amides is 2. The molecular weight excluding hydrogens is 530 g/mol. The van der Waals surface area contributed by atoms with E-state index in [1.165, 1.54) is 29.1 Å². The molecule has 0 bridgehead atoms. The Labute approximate surface area is 225 Å². The molecule has 0 saturated heterocycles. The number of carbonyl (C=O) groups is 1. The number of benzene rings is 2. The second-order valence-electron chi connectivity index (χ2n) is 8.78. The van der Waals surface area contributed by atoms with E-state index in [1.54, 1.807) is 55.4 Å². The van der Waals surface area contributed by atoms with E-state index in [0.29, 0.717) is 11.4 Å². The van der Waals surface area contributed by atoms with Crippen LogP contribution in [-0.2, 0) is 13.2 Å². The van der Waals surface area contributed by atoms with Gasteiger partial charge in [-0.05, 0) is 43.3 Å². The molecule has 0 aliphatic carbocycles. The van der Waals surface area contributed by atoms with Crippen molar-refractivity contribution in [1.82, 2.24) is 24.3 Å². The van der Waals surface area contributed by atoms with Gasteiger partial charge in [0.15, 0.2) is 0 Å². The van der Waals surface area contributed by atoms with Gasteiger partial charge < -0.3 is 19.9 Å². The molecule has 0 aliphatic rings. The Morgan fingerprint density at radius 1 is 1.02 bits per heavy atom. The van der Waals surface area contributed by atoms with Crippen LogP contribution in [0.5, 0.6) is 11.6 Å². The molecule has 0 fully saturated rings. The minimum Gasteiger partial charge on any atom is -0.439 e. The number of imidazole rings is 1. The Kier molecular flexibility index (Phi) is 6.94. The number of anilines is 2. The van der Waals surface area contributed by atoms with Gasteiger partial charge in [0.25, 0.3) is 0 Å². The van der Waals surface area contributed by atoms with Crippen molar-refractivity contribution in [2.75, 3.05) is 10.6 Å². The second-order valence-corrected chi connectivity index (χ2v) is 8.78. The maximum atomic E-state index is 14.5. The maximum absolute atomic E-state index is 14.5. The number of urea groups is 1. The third-order valence-electron chi connectivity index (χ3n) is 5.65. The summed E-state index contributed by atoms with van der Waals surface area (Å²) in [5.41, 5.74) is 0.723. The van der Waals surface area contributed by atoms with Crippen LogP contribution in [0.15, 0.2) is 79.5 Å². The van der Waals surface area contributed by atoms with Gasteiger partial charge >= 0.3 is 12.2 Å². The molecule has 3 heterocycles. The Morgan fingerprint density at radius 2 is 1.85 bits per heavy atom. The summed E-state index contributed by atoms with van der Waals surface area (Å²) in [4.78, 5) is 21.1. The fourth-order valence-corrected chi connectivity index (χ4v) is 3.81. The molecule has 3 aromatic heterocycles. The number of pyridine rings is 1. The molecule has 2 aromatic carbocycles. The predicted octanol–water partition coefficient (Wildman–Crippen LogP) is 6.57. The number of nitrogens with one attached hydrogen (secondary N) is 2. The number of halogens is 4. The van der Waals surface area contributed by atoms with Gasteiger partial charge in [-0.15, -0.1) is 0 Å². The lowest BCUT2D eigenvalue weighted by Gasteiger charge is -2.14. The number of hydrogen-bond donors (Lipinski definition) is 2. The summed E-state index contributed by atoms with van der Waals surface area (Å²) < 4.78 is 63.9. The Morgan fingerprint density at radius 3 is 2.55 bits per heavy atom. The van der Waals surface area contributed by atoms with E-state index in [1.807, 2.05) is 0 Å². The molecule has 204 valence electrons. The van der Waals surface area contributed by atoms with E-state index in [9.17, 15) is 22.4 Å². The lowest BCUT2D eigenvalue weighted by Crippen LogP contribution is -2.21. The van der Waals surface area contributed by atoms with Gasteiger partial charge in [0.2, 0.25) is 5.88 Å². The van der Waals surface area contributed by atoms with Crippen LogP contribution in [0.1, 0.15) is 11.3 Å². The molecule has 5 rings (SSSR count). The van der Waals surface area contributed by atoms with Gasteiger partial charge in [-0.3, -0.25) is 4.68 Å². The average Bonchev–Trinajstić information content (AvgIpc) is 3.54. The number of rotatable bonds is 6. The van der Waals surface area contributed by atoms with Crippen LogP contribution < -0.4 is 15.4 Å². The molecule has 0 atom stereocenters. The first-order valence-corrected chi connectivity index (χ1v) is 11.8. The average molecular weight is 552 g/mol.